The summed E-state index contributed by atoms with van der Waals surface area (Å²) in [5.41, 5.74) is 3.18. The van der Waals surface area contributed by atoms with Gasteiger partial charge >= 0.3 is 0 Å². The number of benzene rings is 1. The lowest BCUT2D eigenvalue weighted by molar-refractivity contribution is 0.0950. The van der Waals surface area contributed by atoms with Gasteiger partial charge in [0.2, 0.25) is 0 Å². The van der Waals surface area contributed by atoms with Crippen molar-refractivity contribution in [3.05, 3.63) is 77.2 Å². The fourth-order valence-corrected chi connectivity index (χ4v) is 3.20. The van der Waals surface area contributed by atoms with Gasteiger partial charge in [-0.1, -0.05) is 32.0 Å². The highest BCUT2D eigenvalue weighted by Crippen LogP contribution is 2.22. The summed E-state index contributed by atoms with van der Waals surface area (Å²) in [7, 11) is 0. The number of nitrogens with zero attached hydrogens (tertiary/aromatic N) is 2. The minimum atomic E-state index is -0.260. The summed E-state index contributed by atoms with van der Waals surface area (Å²) < 4.78 is 1.94. The second-order valence-electron chi connectivity index (χ2n) is 7.41. The van der Waals surface area contributed by atoms with Crippen LogP contribution in [0.1, 0.15) is 46.0 Å². The van der Waals surface area contributed by atoms with Gasteiger partial charge in [0, 0.05) is 24.1 Å². The fraction of sp³-hybridized carbons (Fsp3) is 0.261. The van der Waals surface area contributed by atoms with Gasteiger partial charge in [-0.3, -0.25) is 9.59 Å². The van der Waals surface area contributed by atoms with Crippen LogP contribution in [-0.2, 0) is 0 Å². The van der Waals surface area contributed by atoms with Crippen LogP contribution in [0, 0.1) is 19.8 Å². The molecule has 0 unspecified atom stereocenters. The summed E-state index contributed by atoms with van der Waals surface area (Å²) >= 11 is 0. The zero-order chi connectivity index (χ0) is 21.0. The Labute approximate surface area is 171 Å². The van der Waals surface area contributed by atoms with E-state index >= 15 is 0 Å². The van der Waals surface area contributed by atoms with Crippen LogP contribution in [0.5, 0.6) is 0 Å². The van der Waals surface area contributed by atoms with Gasteiger partial charge in [0.25, 0.3) is 11.8 Å². The smallest absolute Gasteiger partial charge is 0.257 e. The molecule has 0 aliphatic heterocycles. The number of hydrogen-bond acceptors (Lipinski definition) is 3. The molecule has 2 heterocycles. The third-order valence-electron chi connectivity index (χ3n) is 4.64. The van der Waals surface area contributed by atoms with Crippen molar-refractivity contribution < 1.29 is 9.59 Å². The number of pyridine rings is 1. The van der Waals surface area contributed by atoms with Crippen LogP contribution in [0.25, 0.3) is 5.82 Å². The van der Waals surface area contributed by atoms with Gasteiger partial charge in [0.1, 0.15) is 5.82 Å². The largest absolute Gasteiger partial charge is 0.352 e. The summed E-state index contributed by atoms with van der Waals surface area (Å²) in [6.45, 7) is 8.46. The van der Waals surface area contributed by atoms with Gasteiger partial charge in [-0.05, 0) is 50.1 Å². The minimum absolute atomic E-state index is 0.200. The molecular formula is C23H26N4O2. The van der Waals surface area contributed by atoms with E-state index in [1.807, 2.05) is 56.5 Å². The Kier molecular flexibility index (Phi) is 6.12. The normalized spacial score (nSPS) is 10.8. The lowest BCUT2D eigenvalue weighted by Crippen LogP contribution is -2.28. The number of aromatic nitrogens is 2. The Bertz CT molecular complexity index is 1020. The van der Waals surface area contributed by atoms with E-state index in [1.165, 1.54) is 0 Å². The highest BCUT2D eigenvalue weighted by molar-refractivity contribution is 6.09. The van der Waals surface area contributed by atoms with E-state index in [-0.39, 0.29) is 11.8 Å². The molecule has 3 aromatic rings. The monoisotopic (exact) mass is 390 g/mol. The standard InChI is InChI=1S/C23H26N4O2/c1-15(2)14-25-22(28)18-9-5-6-10-20(18)26-23(29)19-13-16(3)27(17(19)4)21-11-7-8-12-24-21/h5-13,15H,14H2,1-4H3,(H,25,28)(H,26,29). The third kappa shape index (κ3) is 4.54. The number of nitrogens with one attached hydrogen (secondary N) is 2. The number of amides is 2. The number of rotatable bonds is 6. The summed E-state index contributed by atoms with van der Waals surface area (Å²) in [5.74, 6) is 0.644. The average molecular weight is 390 g/mol. The maximum Gasteiger partial charge on any atom is 0.257 e. The summed E-state index contributed by atoms with van der Waals surface area (Å²) in [6.07, 6.45) is 1.72. The molecule has 6 heteroatoms. The molecule has 2 aromatic heterocycles. The predicted molar refractivity (Wildman–Crippen MR) is 115 cm³/mol. The first-order valence-electron chi connectivity index (χ1n) is 9.67. The van der Waals surface area contributed by atoms with E-state index in [9.17, 15) is 9.59 Å². The highest BCUT2D eigenvalue weighted by atomic mass is 16.2. The third-order valence-corrected chi connectivity index (χ3v) is 4.64. The molecule has 0 atom stereocenters. The van der Waals surface area contributed by atoms with Crippen LogP contribution in [0.3, 0.4) is 0 Å². The molecule has 0 aliphatic carbocycles. The first-order chi connectivity index (χ1) is 13.9. The number of carbonyl (C=O) groups is 2. The molecule has 2 N–H and O–H groups in total. The zero-order valence-electron chi connectivity index (χ0n) is 17.2. The molecule has 0 fully saturated rings. The average Bonchev–Trinajstić information content (AvgIpc) is 3.01. The Hall–Kier alpha value is -3.41. The lowest BCUT2D eigenvalue weighted by Gasteiger charge is -2.13. The molecule has 0 aliphatic rings. The Morgan fingerprint density at radius 1 is 1.00 bits per heavy atom. The second-order valence-corrected chi connectivity index (χ2v) is 7.41. The van der Waals surface area contributed by atoms with Crippen molar-refractivity contribution in [3.63, 3.8) is 0 Å². The van der Waals surface area contributed by atoms with E-state index < -0.39 is 0 Å². The van der Waals surface area contributed by atoms with Gasteiger partial charge in [-0.25, -0.2) is 4.98 Å². The number of aryl methyl sites for hydroxylation is 1. The second kappa shape index (κ2) is 8.73. The number of hydrogen-bond donors (Lipinski definition) is 2. The molecule has 3 rings (SSSR count). The van der Waals surface area contributed by atoms with Gasteiger partial charge in [0.05, 0.1) is 16.8 Å². The van der Waals surface area contributed by atoms with E-state index in [0.717, 1.165) is 17.2 Å². The lowest BCUT2D eigenvalue weighted by atomic mass is 10.1. The molecule has 0 bridgehead atoms. The first-order valence-corrected chi connectivity index (χ1v) is 9.67. The van der Waals surface area contributed by atoms with Crippen LogP contribution >= 0.6 is 0 Å². The molecule has 6 nitrogen and oxygen atoms in total. The molecule has 0 saturated carbocycles. The van der Waals surface area contributed by atoms with Crippen molar-refractivity contribution in [2.24, 2.45) is 5.92 Å². The van der Waals surface area contributed by atoms with E-state index in [1.54, 1.807) is 30.5 Å². The van der Waals surface area contributed by atoms with Gasteiger partial charge in [-0.2, -0.15) is 0 Å². The van der Waals surface area contributed by atoms with Crippen LogP contribution in [0.4, 0.5) is 5.69 Å². The quantitative estimate of drug-likeness (QED) is 0.664. The molecule has 29 heavy (non-hydrogen) atoms. The summed E-state index contributed by atoms with van der Waals surface area (Å²) in [5, 5.41) is 5.79. The maximum absolute atomic E-state index is 13.0. The predicted octanol–water partition coefficient (Wildman–Crippen LogP) is 4.13. The number of para-hydroxylation sites is 1. The van der Waals surface area contributed by atoms with E-state index in [0.29, 0.717) is 29.3 Å². The van der Waals surface area contributed by atoms with Gasteiger partial charge < -0.3 is 15.2 Å². The van der Waals surface area contributed by atoms with Crippen LogP contribution in [0.15, 0.2) is 54.7 Å². The molecule has 2 amide bonds. The van der Waals surface area contributed by atoms with Gasteiger partial charge in [-0.15, -0.1) is 0 Å². The molecule has 0 spiro atoms. The van der Waals surface area contributed by atoms with Crippen molar-refractivity contribution in [1.82, 2.24) is 14.9 Å². The SMILES string of the molecule is Cc1cc(C(=O)Nc2ccccc2C(=O)NCC(C)C)c(C)n1-c1ccccn1. The minimum Gasteiger partial charge on any atom is -0.352 e. The summed E-state index contributed by atoms with van der Waals surface area (Å²) in [4.78, 5) is 29.9. The molecule has 150 valence electrons. The summed E-state index contributed by atoms with van der Waals surface area (Å²) in [6, 6.07) is 14.5. The highest BCUT2D eigenvalue weighted by Gasteiger charge is 2.19. The fourth-order valence-electron chi connectivity index (χ4n) is 3.20. The Morgan fingerprint density at radius 3 is 2.41 bits per heavy atom. The van der Waals surface area contributed by atoms with Crippen molar-refractivity contribution in [2.75, 3.05) is 11.9 Å². The van der Waals surface area contributed by atoms with Crippen molar-refractivity contribution in [2.45, 2.75) is 27.7 Å². The van der Waals surface area contributed by atoms with E-state index in [4.69, 9.17) is 0 Å². The van der Waals surface area contributed by atoms with Crippen LogP contribution in [-0.4, -0.2) is 27.9 Å². The molecule has 0 saturated heterocycles. The Balaban J connectivity index is 1.86. The maximum atomic E-state index is 13.0. The first kappa shape index (κ1) is 20.3. The van der Waals surface area contributed by atoms with Crippen molar-refractivity contribution in [3.8, 4) is 5.82 Å². The molecule has 1 aromatic carbocycles. The van der Waals surface area contributed by atoms with Crippen LogP contribution in [0.2, 0.25) is 0 Å². The number of anilines is 1. The topological polar surface area (TPSA) is 76.0 Å². The van der Waals surface area contributed by atoms with E-state index in [2.05, 4.69) is 15.6 Å². The van der Waals surface area contributed by atoms with Gasteiger partial charge in [0.15, 0.2) is 0 Å². The Morgan fingerprint density at radius 2 is 1.72 bits per heavy atom. The molecule has 0 radical (unpaired) electrons. The van der Waals surface area contributed by atoms with Crippen molar-refractivity contribution >= 4 is 17.5 Å². The number of carbonyl (C=O) groups excluding carboxylic acids is 2. The zero-order valence-corrected chi connectivity index (χ0v) is 17.2. The van der Waals surface area contributed by atoms with Crippen LogP contribution < -0.4 is 10.6 Å². The van der Waals surface area contributed by atoms with Crippen molar-refractivity contribution in [1.29, 1.82) is 0 Å². The molecular weight excluding hydrogens is 364 g/mol.